The largest absolute Gasteiger partial charge is 0.496 e. The average Bonchev–Trinajstić information content (AvgIpc) is 4.11. The first-order valence-electron chi connectivity index (χ1n) is 23.9. The Bertz CT molecular complexity index is 2020. The number of carbonyl (C=O) groups excluding carboxylic acids is 3. The molecular weight excluding hydrogens is 853 g/mol. The Kier molecular flexibility index (Phi) is 16.1. The first-order valence-corrected chi connectivity index (χ1v) is 23.9. The molecule has 0 unspecified atom stereocenters. The summed E-state index contributed by atoms with van der Waals surface area (Å²) >= 11 is 0. The van der Waals surface area contributed by atoms with Crippen molar-refractivity contribution in [2.75, 3.05) is 80.4 Å². The molecule has 0 radical (unpaired) electrons. The number of ether oxygens (including phenoxy) is 6. The lowest BCUT2D eigenvalue weighted by atomic mass is 9.74. The lowest BCUT2D eigenvalue weighted by Gasteiger charge is -2.38. The van der Waals surface area contributed by atoms with Crippen LogP contribution >= 0.6 is 0 Å². The van der Waals surface area contributed by atoms with Gasteiger partial charge in [-0.1, -0.05) is 41.5 Å². The molecule has 0 aromatic rings. The van der Waals surface area contributed by atoms with E-state index in [0.717, 1.165) is 101 Å². The van der Waals surface area contributed by atoms with Gasteiger partial charge in [-0.05, 0) is 93.3 Å². The minimum Gasteiger partial charge on any atom is -0.496 e. The molecule has 6 rings (SSSR count). The van der Waals surface area contributed by atoms with Crippen LogP contribution in [0.2, 0.25) is 0 Å². The number of hydrogen-bond donors (Lipinski definition) is 0. The van der Waals surface area contributed by atoms with Crippen molar-refractivity contribution in [3.05, 3.63) is 79.3 Å². The standard InChI is InChI=1S/C52H70N6O9/c1-50(2)23-35(44(62-8)40(26-50)56-17-11-12-18-56)38(29-53)47(59)65-31-34(32-66-48(60)39(30-54)36-24-51(3,4)27-41(45(36)63-9)57-19-13-14-20-57)33-67-49(61)43(55-7)37-25-52(5,6)28-42(46(37)64-10)58-21-15-16-22-58/h34H,11-28,31-33H2,1-6,8-10H3/b38-35+,39-36+,43-37-. The SMILES string of the molecule is [C-]#[N+]/C(C(=O)OCC(COC(=O)/C(C#N)=C1\CC(C)(C)CC(N2CCCC2)=C1OC)COC(=O)/C(C#N)=C1\CC(C)(C)CC(N2CCCC2)=C1OC)=C1/CC(C)(C)CC(N2CCCC2)=C1OC. The fourth-order valence-electron chi connectivity index (χ4n) is 10.7. The quantitative estimate of drug-likeness (QED) is 0.0505. The highest BCUT2D eigenvalue weighted by atomic mass is 16.6. The maximum absolute atomic E-state index is 14.1. The molecule has 15 heteroatoms. The van der Waals surface area contributed by atoms with E-state index in [-0.39, 0.29) is 33.1 Å². The van der Waals surface area contributed by atoms with Gasteiger partial charge in [0.15, 0.2) is 0 Å². The maximum Gasteiger partial charge on any atom is 0.349 e. The summed E-state index contributed by atoms with van der Waals surface area (Å²) in [5.74, 6) is -2.18. The van der Waals surface area contributed by atoms with Gasteiger partial charge in [0.1, 0.15) is 53.8 Å². The fraction of sp³-hybridized carbons (Fsp3) is 0.654. The zero-order chi connectivity index (χ0) is 48.7. The van der Waals surface area contributed by atoms with Gasteiger partial charge in [0, 0.05) is 56.0 Å². The number of allylic oxidation sites excluding steroid dienone is 6. The highest BCUT2D eigenvalue weighted by molar-refractivity contribution is 5.95. The van der Waals surface area contributed by atoms with Gasteiger partial charge in [0.2, 0.25) is 0 Å². The minimum absolute atomic E-state index is 0.203. The molecule has 3 aliphatic heterocycles. The molecule has 0 atom stereocenters. The highest BCUT2D eigenvalue weighted by Crippen LogP contribution is 2.48. The summed E-state index contributed by atoms with van der Waals surface area (Å²) in [6.45, 7) is 24.6. The van der Waals surface area contributed by atoms with Crippen LogP contribution in [0.25, 0.3) is 4.85 Å². The fourth-order valence-corrected chi connectivity index (χ4v) is 10.7. The smallest absolute Gasteiger partial charge is 0.349 e. The van der Waals surface area contributed by atoms with Crippen molar-refractivity contribution in [1.29, 1.82) is 10.5 Å². The van der Waals surface area contributed by atoms with Crippen LogP contribution in [0, 0.1) is 51.4 Å². The van der Waals surface area contributed by atoms with Crippen LogP contribution in [0.1, 0.15) is 119 Å². The zero-order valence-corrected chi connectivity index (χ0v) is 41.3. The summed E-state index contributed by atoms with van der Waals surface area (Å²) in [5, 5.41) is 21.0. The molecule has 0 N–H and O–H groups in total. The summed E-state index contributed by atoms with van der Waals surface area (Å²) in [4.78, 5) is 52.7. The van der Waals surface area contributed by atoms with Crippen molar-refractivity contribution >= 4 is 17.9 Å². The van der Waals surface area contributed by atoms with Crippen molar-refractivity contribution in [3.8, 4) is 12.1 Å². The van der Waals surface area contributed by atoms with Gasteiger partial charge in [0.25, 0.3) is 5.70 Å². The highest BCUT2D eigenvalue weighted by Gasteiger charge is 2.41. The van der Waals surface area contributed by atoms with Gasteiger partial charge in [-0.2, -0.15) is 10.5 Å². The molecule has 15 nitrogen and oxygen atoms in total. The molecule has 0 amide bonds. The predicted octanol–water partition coefficient (Wildman–Crippen LogP) is 8.37. The van der Waals surface area contributed by atoms with E-state index in [2.05, 4.69) is 73.2 Å². The molecule has 3 fully saturated rings. The molecule has 3 aliphatic carbocycles. The molecule has 3 heterocycles. The third-order valence-corrected chi connectivity index (χ3v) is 13.8. The lowest BCUT2D eigenvalue weighted by Crippen LogP contribution is -2.32. The topological polar surface area (TPSA) is 168 Å². The summed E-state index contributed by atoms with van der Waals surface area (Å²) in [6, 6.07) is 4.18. The van der Waals surface area contributed by atoms with E-state index in [1.54, 1.807) is 21.3 Å². The van der Waals surface area contributed by atoms with Crippen molar-refractivity contribution in [1.82, 2.24) is 14.7 Å². The van der Waals surface area contributed by atoms with E-state index in [1.165, 1.54) is 0 Å². The number of methoxy groups -OCH3 is 3. The number of hydrogen-bond acceptors (Lipinski definition) is 14. The molecule has 0 saturated carbocycles. The first-order chi connectivity index (χ1) is 31.9. The van der Waals surface area contributed by atoms with Crippen LogP contribution in [-0.2, 0) is 42.8 Å². The van der Waals surface area contributed by atoms with Crippen LogP contribution in [-0.4, -0.2) is 113 Å². The number of nitrogens with zero attached hydrogens (tertiary/aromatic N) is 6. The molecule has 67 heavy (non-hydrogen) atoms. The van der Waals surface area contributed by atoms with Gasteiger partial charge in [-0.3, -0.25) is 4.79 Å². The lowest BCUT2D eigenvalue weighted by molar-refractivity contribution is -0.148. The Morgan fingerprint density at radius 1 is 0.537 bits per heavy atom. The Balaban J connectivity index is 1.31. The molecule has 3 saturated heterocycles. The number of rotatable bonds is 15. The second-order valence-electron chi connectivity index (χ2n) is 21.1. The predicted molar refractivity (Wildman–Crippen MR) is 249 cm³/mol. The van der Waals surface area contributed by atoms with E-state index >= 15 is 0 Å². The van der Waals surface area contributed by atoms with E-state index in [9.17, 15) is 24.9 Å². The van der Waals surface area contributed by atoms with E-state index < -0.39 is 43.6 Å². The van der Waals surface area contributed by atoms with E-state index in [1.807, 2.05) is 0 Å². The third kappa shape index (κ3) is 11.6. The normalized spacial score (nSPS) is 23.6. The van der Waals surface area contributed by atoms with Gasteiger partial charge < -0.3 is 43.1 Å². The number of carbonyl (C=O) groups is 3. The summed E-state index contributed by atoms with van der Waals surface area (Å²) in [5.41, 5.74) is 2.77. The average molecular weight is 923 g/mol. The Morgan fingerprint density at radius 3 is 1.13 bits per heavy atom. The van der Waals surface area contributed by atoms with Crippen molar-refractivity contribution in [2.45, 2.75) is 119 Å². The second kappa shape index (κ2) is 21.4. The molecule has 0 bridgehead atoms. The summed E-state index contributed by atoms with van der Waals surface area (Å²) in [6.07, 6.45) is 9.57. The molecule has 0 aromatic carbocycles. The van der Waals surface area contributed by atoms with Crippen LogP contribution < -0.4 is 0 Å². The van der Waals surface area contributed by atoms with Crippen molar-refractivity contribution in [3.63, 3.8) is 0 Å². The van der Waals surface area contributed by atoms with E-state index in [4.69, 9.17) is 35.0 Å². The molecule has 0 spiro atoms. The van der Waals surface area contributed by atoms with Gasteiger partial charge in [-0.25, -0.2) is 14.4 Å². The van der Waals surface area contributed by atoms with Gasteiger partial charge in [0.05, 0.1) is 57.5 Å². The summed E-state index contributed by atoms with van der Waals surface area (Å²) < 4.78 is 35.4. The van der Waals surface area contributed by atoms with Crippen LogP contribution in [0.5, 0.6) is 0 Å². The monoisotopic (exact) mass is 923 g/mol. The number of likely N-dealkylation sites (tertiary alicyclic amines) is 3. The number of nitriles is 2. The van der Waals surface area contributed by atoms with Crippen molar-refractivity contribution < 1.29 is 42.8 Å². The Labute approximate surface area is 397 Å². The van der Waals surface area contributed by atoms with Crippen LogP contribution in [0.4, 0.5) is 0 Å². The van der Waals surface area contributed by atoms with Gasteiger partial charge >= 0.3 is 17.9 Å². The molecule has 0 aromatic heterocycles. The first kappa shape index (κ1) is 50.5. The van der Waals surface area contributed by atoms with Crippen LogP contribution in [0.15, 0.2) is 67.9 Å². The summed E-state index contributed by atoms with van der Waals surface area (Å²) in [7, 11) is 4.63. The van der Waals surface area contributed by atoms with Gasteiger partial charge in [-0.15, -0.1) is 0 Å². The second-order valence-corrected chi connectivity index (χ2v) is 21.1. The Morgan fingerprint density at radius 2 is 0.836 bits per heavy atom. The zero-order valence-electron chi connectivity index (χ0n) is 41.3. The molecular formula is C52H70N6O9. The number of esters is 3. The van der Waals surface area contributed by atoms with E-state index in [0.29, 0.717) is 66.1 Å². The Hall–Kier alpha value is -5.88. The molecule has 6 aliphatic rings. The minimum atomic E-state index is -0.968. The maximum atomic E-state index is 14.1. The molecule has 362 valence electrons. The third-order valence-electron chi connectivity index (χ3n) is 13.8. The van der Waals surface area contributed by atoms with Crippen molar-refractivity contribution in [2.24, 2.45) is 22.2 Å². The van der Waals surface area contributed by atoms with Crippen LogP contribution in [0.3, 0.4) is 0 Å².